The van der Waals surface area contributed by atoms with E-state index in [1.165, 1.54) is 25.8 Å². The van der Waals surface area contributed by atoms with Crippen molar-refractivity contribution in [3.8, 4) is 0 Å². The van der Waals surface area contributed by atoms with Crippen LogP contribution in [0.1, 0.15) is 32.1 Å². The minimum Gasteiger partial charge on any atom is -0.393 e. The second-order valence-electron chi connectivity index (χ2n) is 3.93. The molecule has 0 radical (unpaired) electrons. The quantitative estimate of drug-likeness (QED) is 0.544. The van der Waals surface area contributed by atoms with E-state index in [9.17, 15) is 5.11 Å². The summed E-state index contributed by atoms with van der Waals surface area (Å²) in [6.45, 7) is 1.19. The van der Waals surface area contributed by atoms with Crippen molar-refractivity contribution in [1.82, 2.24) is 5.32 Å². The molecule has 1 aliphatic carbocycles. The zero-order valence-corrected chi connectivity index (χ0v) is 6.92. The Kier molecular flexibility index (Phi) is 2.14. The summed E-state index contributed by atoms with van der Waals surface area (Å²) >= 11 is 0. The normalized spacial score (nSPS) is 45.0. The number of hydrogen-bond donors (Lipinski definition) is 2. The van der Waals surface area contributed by atoms with Crippen molar-refractivity contribution in [1.29, 1.82) is 0 Å². The SMILES string of the molecule is O[C@@H]1CC[C@H]2NCCC[C@H]2C1. The number of aliphatic hydroxyl groups excluding tert-OH is 1. The first-order valence-electron chi connectivity index (χ1n) is 4.78. The summed E-state index contributed by atoms with van der Waals surface area (Å²) in [6, 6.07) is 0.729. The Labute approximate surface area is 68.0 Å². The third-order valence-electron chi connectivity index (χ3n) is 3.11. The molecule has 0 unspecified atom stereocenters. The third kappa shape index (κ3) is 1.57. The maximum atomic E-state index is 9.42. The zero-order chi connectivity index (χ0) is 7.68. The first kappa shape index (κ1) is 7.56. The summed E-state index contributed by atoms with van der Waals surface area (Å²) in [5.74, 6) is 0.771. The number of aliphatic hydroxyl groups is 1. The van der Waals surface area contributed by atoms with Gasteiger partial charge < -0.3 is 10.4 Å². The van der Waals surface area contributed by atoms with Gasteiger partial charge in [0, 0.05) is 6.04 Å². The van der Waals surface area contributed by atoms with E-state index < -0.39 is 0 Å². The minimum atomic E-state index is -0.00356. The Morgan fingerprint density at radius 2 is 2.09 bits per heavy atom. The summed E-state index contributed by atoms with van der Waals surface area (Å²) in [4.78, 5) is 0. The molecular formula is C9H17NO. The number of rotatable bonds is 0. The predicted molar refractivity (Wildman–Crippen MR) is 44.4 cm³/mol. The second kappa shape index (κ2) is 3.11. The Bertz CT molecular complexity index is 138. The van der Waals surface area contributed by atoms with E-state index in [1.54, 1.807) is 0 Å². The molecule has 3 atom stereocenters. The van der Waals surface area contributed by atoms with E-state index in [2.05, 4.69) is 5.32 Å². The lowest BCUT2D eigenvalue weighted by atomic mass is 9.78. The molecule has 0 aromatic rings. The fourth-order valence-corrected chi connectivity index (χ4v) is 2.48. The summed E-state index contributed by atoms with van der Waals surface area (Å²) in [5, 5.41) is 13.0. The highest BCUT2D eigenvalue weighted by Gasteiger charge is 2.30. The second-order valence-corrected chi connectivity index (χ2v) is 3.93. The van der Waals surface area contributed by atoms with Crippen molar-refractivity contribution in [2.24, 2.45) is 5.92 Å². The Morgan fingerprint density at radius 3 is 3.00 bits per heavy atom. The Balaban J connectivity index is 1.93. The van der Waals surface area contributed by atoms with Gasteiger partial charge in [0.25, 0.3) is 0 Å². The fraction of sp³-hybridized carbons (Fsp3) is 1.00. The van der Waals surface area contributed by atoms with Gasteiger partial charge in [0.2, 0.25) is 0 Å². The van der Waals surface area contributed by atoms with E-state index >= 15 is 0 Å². The molecule has 2 rings (SSSR count). The molecule has 2 nitrogen and oxygen atoms in total. The highest BCUT2D eigenvalue weighted by Crippen LogP contribution is 2.30. The number of piperidine rings is 1. The standard InChI is InChI=1S/C9H17NO/c11-8-3-4-9-7(6-8)2-1-5-10-9/h7-11H,1-6H2/t7-,8+,9+/m0/s1. The van der Waals surface area contributed by atoms with Crippen LogP contribution in [-0.4, -0.2) is 23.8 Å². The van der Waals surface area contributed by atoms with Crippen LogP contribution in [0.4, 0.5) is 0 Å². The first-order chi connectivity index (χ1) is 5.36. The van der Waals surface area contributed by atoms with Crippen LogP contribution >= 0.6 is 0 Å². The van der Waals surface area contributed by atoms with Gasteiger partial charge in [0.1, 0.15) is 0 Å². The van der Waals surface area contributed by atoms with Crippen molar-refractivity contribution >= 4 is 0 Å². The van der Waals surface area contributed by atoms with Crippen LogP contribution in [0.25, 0.3) is 0 Å². The van der Waals surface area contributed by atoms with Crippen LogP contribution < -0.4 is 5.32 Å². The van der Waals surface area contributed by atoms with Gasteiger partial charge >= 0.3 is 0 Å². The molecule has 1 heterocycles. The van der Waals surface area contributed by atoms with Crippen LogP contribution in [0.5, 0.6) is 0 Å². The van der Waals surface area contributed by atoms with Crippen LogP contribution in [0.3, 0.4) is 0 Å². The molecule has 1 saturated heterocycles. The molecule has 0 amide bonds. The van der Waals surface area contributed by atoms with Gasteiger partial charge in [-0.15, -0.1) is 0 Å². The number of nitrogens with one attached hydrogen (secondary N) is 1. The van der Waals surface area contributed by atoms with Gasteiger partial charge in [0.05, 0.1) is 6.10 Å². The molecule has 2 fully saturated rings. The Morgan fingerprint density at radius 1 is 1.18 bits per heavy atom. The summed E-state index contributed by atoms with van der Waals surface area (Å²) in [7, 11) is 0. The van der Waals surface area contributed by atoms with Crippen molar-refractivity contribution in [3.05, 3.63) is 0 Å². The lowest BCUT2D eigenvalue weighted by Crippen LogP contribution is -2.45. The lowest BCUT2D eigenvalue weighted by molar-refractivity contribution is 0.0679. The van der Waals surface area contributed by atoms with E-state index in [0.717, 1.165) is 24.8 Å². The van der Waals surface area contributed by atoms with Crippen molar-refractivity contribution in [2.45, 2.75) is 44.2 Å². The monoisotopic (exact) mass is 155 g/mol. The van der Waals surface area contributed by atoms with E-state index in [1.807, 2.05) is 0 Å². The van der Waals surface area contributed by atoms with Crippen LogP contribution in [0, 0.1) is 5.92 Å². The smallest absolute Gasteiger partial charge is 0.0544 e. The molecule has 2 heteroatoms. The van der Waals surface area contributed by atoms with Crippen LogP contribution in [0.15, 0.2) is 0 Å². The predicted octanol–water partition coefficient (Wildman–Crippen LogP) is 0.899. The average molecular weight is 155 g/mol. The molecule has 11 heavy (non-hydrogen) atoms. The molecule has 2 aliphatic rings. The van der Waals surface area contributed by atoms with Crippen molar-refractivity contribution < 1.29 is 5.11 Å². The lowest BCUT2D eigenvalue weighted by Gasteiger charge is -2.38. The fourth-order valence-electron chi connectivity index (χ4n) is 2.48. The van der Waals surface area contributed by atoms with Gasteiger partial charge in [0.15, 0.2) is 0 Å². The summed E-state index contributed by atoms with van der Waals surface area (Å²) in [5.41, 5.74) is 0. The van der Waals surface area contributed by atoms with Crippen LogP contribution in [0.2, 0.25) is 0 Å². The maximum Gasteiger partial charge on any atom is 0.0544 e. The molecule has 1 saturated carbocycles. The van der Waals surface area contributed by atoms with Gasteiger partial charge in [-0.1, -0.05) is 0 Å². The molecule has 0 bridgehead atoms. The first-order valence-corrected chi connectivity index (χ1v) is 4.78. The van der Waals surface area contributed by atoms with Crippen LogP contribution in [-0.2, 0) is 0 Å². The van der Waals surface area contributed by atoms with Gasteiger partial charge in [-0.05, 0) is 44.6 Å². The number of fused-ring (bicyclic) bond motifs is 1. The van der Waals surface area contributed by atoms with Gasteiger partial charge in [-0.25, -0.2) is 0 Å². The molecule has 0 spiro atoms. The van der Waals surface area contributed by atoms with Crippen molar-refractivity contribution in [3.63, 3.8) is 0 Å². The molecule has 2 N–H and O–H groups in total. The molecular weight excluding hydrogens is 138 g/mol. The van der Waals surface area contributed by atoms with Gasteiger partial charge in [-0.3, -0.25) is 0 Å². The molecule has 0 aromatic carbocycles. The zero-order valence-electron chi connectivity index (χ0n) is 6.92. The molecule has 0 aromatic heterocycles. The van der Waals surface area contributed by atoms with Gasteiger partial charge in [-0.2, -0.15) is 0 Å². The van der Waals surface area contributed by atoms with Crippen molar-refractivity contribution in [2.75, 3.05) is 6.54 Å². The minimum absolute atomic E-state index is 0.00356. The topological polar surface area (TPSA) is 32.3 Å². The largest absolute Gasteiger partial charge is 0.393 e. The Hall–Kier alpha value is -0.0800. The van der Waals surface area contributed by atoms with E-state index in [0.29, 0.717) is 0 Å². The van der Waals surface area contributed by atoms with E-state index in [4.69, 9.17) is 0 Å². The average Bonchev–Trinajstić information content (AvgIpc) is 2.04. The highest BCUT2D eigenvalue weighted by atomic mass is 16.3. The number of hydrogen-bond acceptors (Lipinski definition) is 2. The molecule has 1 aliphatic heterocycles. The molecule has 64 valence electrons. The third-order valence-corrected chi connectivity index (χ3v) is 3.11. The summed E-state index contributed by atoms with van der Waals surface area (Å²) in [6.07, 6.45) is 5.86. The maximum absolute atomic E-state index is 9.42. The van der Waals surface area contributed by atoms with E-state index in [-0.39, 0.29) is 6.10 Å². The highest BCUT2D eigenvalue weighted by molar-refractivity contribution is 4.87. The summed E-state index contributed by atoms with van der Waals surface area (Å²) < 4.78 is 0.